The number of nitrogens with one attached hydrogen (secondary N) is 1. The molecule has 4 rings (SSSR count). The maximum Gasteiger partial charge on any atom is 0.262 e. The molecule has 2 aliphatic rings. The smallest absolute Gasteiger partial charge is 0.262 e. The molecule has 9 heteroatoms. The second-order valence-corrected chi connectivity index (χ2v) is 10.2. The second-order valence-electron chi connectivity index (χ2n) is 8.09. The standard InChI is InChI=1S/C22H22ClFN2O4S/c1-13-6-7-14(12-26-21(27)16-4-2-3-5-17(16)22(26)28)10-20(13)31(29,30)25-15-8-9-19(24)18(23)11-15/h6-11,16-17,25H,2-5,12H2,1H3/t16-,17-/m0/s1. The number of anilines is 1. The number of hydrogen-bond acceptors (Lipinski definition) is 4. The number of fused-ring (bicyclic) bond motifs is 1. The second kappa shape index (κ2) is 8.24. The van der Waals surface area contributed by atoms with Crippen LogP contribution < -0.4 is 4.72 Å². The molecule has 0 unspecified atom stereocenters. The average Bonchev–Trinajstić information content (AvgIpc) is 2.97. The molecule has 1 heterocycles. The maximum absolute atomic E-state index is 13.4. The lowest BCUT2D eigenvalue weighted by Gasteiger charge is -2.19. The van der Waals surface area contributed by atoms with Gasteiger partial charge in [-0.15, -0.1) is 0 Å². The van der Waals surface area contributed by atoms with Gasteiger partial charge in [-0.3, -0.25) is 19.2 Å². The van der Waals surface area contributed by atoms with Gasteiger partial charge in [0.25, 0.3) is 10.0 Å². The van der Waals surface area contributed by atoms with Gasteiger partial charge in [0, 0.05) is 0 Å². The SMILES string of the molecule is Cc1ccc(CN2C(=O)[C@H]3CCCC[C@@H]3C2=O)cc1S(=O)(=O)Nc1ccc(F)c(Cl)c1. The first kappa shape index (κ1) is 21.8. The third-order valence-electron chi connectivity index (χ3n) is 5.99. The minimum absolute atomic E-state index is 0.0157. The predicted octanol–water partition coefficient (Wildman–Crippen LogP) is 4.26. The summed E-state index contributed by atoms with van der Waals surface area (Å²) in [5, 5.41) is -0.196. The Bertz CT molecular complexity index is 1140. The minimum atomic E-state index is -4.00. The average molecular weight is 465 g/mol. The van der Waals surface area contributed by atoms with Crippen LogP contribution in [0.25, 0.3) is 0 Å². The number of rotatable bonds is 5. The van der Waals surface area contributed by atoms with Crippen LogP contribution in [0, 0.1) is 24.6 Å². The van der Waals surface area contributed by atoms with Gasteiger partial charge in [0.15, 0.2) is 0 Å². The van der Waals surface area contributed by atoms with Crippen molar-refractivity contribution in [1.29, 1.82) is 0 Å². The molecule has 1 saturated carbocycles. The summed E-state index contributed by atoms with van der Waals surface area (Å²) in [5.74, 6) is -1.49. The number of nitrogens with zero attached hydrogens (tertiary/aromatic N) is 1. The van der Waals surface area contributed by atoms with E-state index in [0.717, 1.165) is 31.7 Å². The summed E-state index contributed by atoms with van der Waals surface area (Å²) >= 11 is 5.74. The van der Waals surface area contributed by atoms with E-state index in [4.69, 9.17) is 11.6 Å². The van der Waals surface area contributed by atoms with Crippen LogP contribution in [0.3, 0.4) is 0 Å². The molecular formula is C22H22ClFN2O4S. The molecule has 0 aromatic heterocycles. The highest BCUT2D eigenvalue weighted by Gasteiger charge is 2.47. The van der Waals surface area contributed by atoms with Gasteiger partial charge in [-0.25, -0.2) is 12.8 Å². The van der Waals surface area contributed by atoms with Gasteiger partial charge >= 0.3 is 0 Å². The van der Waals surface area contributed by atoms with Crippen molar-refractivity contribution in [2.75, 3.05) is 4.72 Å². The predicted molar refractivity (Wildman–Crippen MR) is 114 cm³/mol. The summed E-state index contributed by atoms with van der Waals surface area (Å²) in [6.07, 6.45) is 3.34. The van der Waals surface area contributed by atoms with Crippen molar-refractivity contribution in [1.82, 2.24) is 4.90 Å². The molecule has 2 atom stereocenters. The monoisotopic (exact) mass is 464 g/mol. The number of carbonyl (C=O) groups is 2. The molecule has 0 bridgehead atoms. The quantitative estimate of drug-likeness (QED) is 0.670. The molecule has 164 valence electrons. The Morgan fingerprint density at radius 3 is 2.32 bits per heavy atom. The van der Waals surface area contributed by atoms with Crippen LogP contribution in [0.5, 0.6) is 0 Å². The Morgan fingerprint density at radius 2 is 1.71 bits per heavy atom. The Hall–Kier alpha value is -2.45. The van der Waals surface area contributed by atoms with Gasteiger partial charge in [-0.1, -0.05) is 36.6 Å². The molecule has 2 aromatic rings. The molecule has 1 aliphatic carbocycles. The van der Waals surface area contributed by atoms with Gasteiger partial charge in [0.05, 0.1) is 34.0 Å². The van der Waals surface area contributed by atoms with E-state index in [1.807, 2.05) is 0 Å². The zero-order valence-electron chi connectivity index (χ0n) is 16.9. The van der Waals surface area contributed by atoms with E-state index < -0.39 is 15.8 Å². The molecule has 0 radical (unpaired) electrons. The van der Waals surface area contributed by atoms with Crippen molar-refractivity contribution in [3.8, 4) is 0 Å². The highest BCUT2D eigenvalue weighted by molar-refractivity contribution is 7.92. The van der Waals surface area contributed by atoms with E-state index in [2.05, 4.69) is 4.72 Å². The Balaban J connectivity index is 1.59. The number of hydrogen-bond donors (Lipinski definition) is 1. The van der Waals surface area contributed by atoms with Crippen molar-refractivity contribution in [2.24, 2.45) is 11.8 Å². The fourth-order valence-electron chi connectivity index (χ4n) is 4.37. The lowest BCUT2D eigenvalue weighted by atomic mass is 9.81. The van der Waals surface area contributed by atoms with Crippen molar-refractivity contribution in [3.63, 3.8) is 0 Å². The molecular weight excluding hydrogens is 443 g/mol. The maximum atomic E-state index is 13.4. The number of amides is 2. The van der Waals surface area contributed by atoms with Crippen LogP contribution in [0.15, 0.2) is 41.3 Å². The molecule has 31 heavy (non-hydrogen) atoms. The summed E-state index contributed by atoms with van der Waals surface area (Å²) in [6.45, 7) is 1.69. The number of carbonyl (C=O) groups excluding carboxylic acids is 2. The van der Waals surface area contributed by atoms with E-state index in [0.29, 0.717) is 11.1 Å². The van der Waals surface area contributed by atoms with E-state index in [-0.39, 0.29) is 45.8 Å². The first-order valence-electron chi connectivity index (χ1n) is 10.1. The third kappa shape index (κ3) is 4.19. The highest BCUT2D eigenvalue weighted by atomic mass is 35.5. The largest absolute Gasteiger partial charge is 0.280 e. The number of likely N-dealkylation sites (tertiary alicyclic amines) is 1. The number of aryl methyl sites for hydroxylation is 1. The Morgan fingerprint density at radius 1 is 1.06 bits per heavy atom. The Labute approximate surface area is 185 Å². The number of sulfonamides is 1. The van der Waals surface area contributed by atoms with Crippen LogP contribution in [0.1, 0.15) is 36.8 Å². The van der Waals surface area contributed by atoms with E-state index in [9.17, 15) is 22.4 Å². The fraction of sp³-hybridized carbons (Fsp3) is 0.364. The summed E-state index contributed by atoms with van der Waals surface area (Å²) < 4.78 is 41.7. The molecule has 2 amide bonds. The topological polar surface area (TPSA) is 83.6 Å². The van der Waals surface area contributed by atoms with Crippen molar-refractivity contribution in [2.45, 2.75) is 44.0 Å². The van der Waals surface area contributed by atoms with E-state index in [1.54, 1.807) is 19.1 Å². The molecule has 1 N–H and O–H groups in total. The third-order valence-corrected chi connectivity index (χ3v) is 7.80. The van der Waals surface area contributed by atoms with E-state index in [1.165, 1.54) is 23.1 Å². The molecule has 6 nitrogen and oxygen atoms in total. The van der Waals surface area contributed by atoms with Gasteiger partial charge in [0.2, 0.25) is 11.8 Å². The highest BCUT2D eigenvalue weighted by Crippen LogP contribution is 2.38. The van der Waals surface area contributed by atoms with Gasteiger partial charge < -0.3 is 0 Å². The first-order valence-corrected chi connectivity index (χ1v) is 12.0. The normalized spacial score (nSPS) is 21.3. The van der Waals surface area contributed by atoms with Crippen LogP contribution in [-0.4, -0.2) is 25.1 Å². The van der Waals surface area contributed by atoms with Crippen molar-refractivity contribution in [3.05, 3.63) is 58.4 Å². The van der Waals surface area contributed by atoms with Crippen LogP contribution in [0.2, 0.25) is 5.02 Å². The van der Waals surface area contributed by atoms with E-state index >= 15 is 0 Å². The minimum Gasteiger partial charge on any atom is -0.280 e. The fourth-order valence-corrected chi connectivity index (χ4v) is 5.90. The lowest BCUT2D eigenvalue weighted by molar-refractivity contribution is -0.140. The molecule has 2 aromatic carbocycles. The molecule has 1 saturated heterocycles. The molecule has 1 aliphatic heterocycles. The summed E-state index contributed by atoms with van der Waals surface area (Å²) in [4.78, 5) is 26.7. The van der Waals surface area contributed by atoms with Crippen molar-refractivity contribution >= 4 is 39.1 Å². The number of benzene rings is 2. The summed E-state index contributed by atoms with van der Waals surface area (Å²) in [5.41, 5.74) is 1.17. The van der Waals surface area contributed by atoms with Crippen LogP contribution in [0.4, 0.5) is 10.1 Å². The van der Waals surface area contributed by atoms with Crippen molar-refractivity contribution < 1.29 is 22.4 Å². The lowest BCUT2D eigenvalue weighted by Crippen LogP contribution is -2.30. The van der Waals surface area contributed by atoms with Crippen LogP contribution >= 0.6 is 11.6 Å². The Kier molecular flexibility index (Phi) is 5.79. The summed E-state index contributed by atoms with van der Waals surface area (Å²) in [7, 11) is -4.00. The van der Waals surface area contributed by atoms with Gasteiger partial charge in [0.1, 0.15) is 5.82 Å². The molecule has 0 spiro atoms. The number of halogens is 2. The van der Waals surface area contributed by atoms with Crippen LogP contribution in [-0.2, 0) is 26.2 Å². The summed E-state index contributed by atoms with van der Waals surface area (Å²) in [6, 6.07) is 8.36. The first-order chi connectivity index (χ1) is 14.7. The number of imide groups is 1. The molecule has 2 fully saturated rings. The van der Waals surface area contributed by atoms with Gasteiger partial charge in [-0.2, -0.15) is 0 Å². The zero-order valence-corrected chi connectivity index (χ0v) is 18.5. The zero-order chi connectivity index (χ0) is 22.3. The van der Waals surface area contributed by atoms with Gasteiger partial charge in [-0.05, 0) is 55.2 Å².